The molecular formula is C21H22N2O5S. The van der Waals surface area contributed by atoms with Crippen molar-refractivity contribution in [3.63, 3.8) is 0 Å². The maximum atomic E-state index is 12.7. The van der Waals surface area contributed by atoms with Crippen molar-refractivity contribution >= 4 is 23.6 Å². The lowest BCUT2D eigenvalue weighted by molar-refractivity contribution is -0.141. The largest absolute Gasteiger partial charge is 0.469 e. The highest BCUT2D eigenvalue weighted by molar-refractivity contribution is 7.98. The molecule has 1 atom stereocenters. The van der Waals surface area contributed by atoms with Crippen LogP contribution in [0.15, 0.2) is 56.4 Å². The van der Waals surface area contributed by atoms with Gasteiger partial charge in [-0.25, -0.2) is 4.98 Å². The summed E-state index contributed by atoms with van der Waals surface area (Å²) in [4.78, 5) is 30.0. The number of thioether (sulfide) groups is 1. The van der Waals surface area contributed by atoms with Gasteiger partial charge >= 0.3 is 5.97 Å². The normalized spacial score (nSPS) is 11.8. The van der Waals surface area contributed by atoms with Gasteiger partial charge in [-0.2, -0.15) is 0 Å². The number of hydrogen-bond acceptors (Lipinski definition) is 7. The Hall–Kier alpha value is -3.00. The molecule has 2 aromatic heterocycles. The van der Waals surface area contributed by atoms with Crippen LogP contribution in [0.25, 0.3) is 11.7 Å². The number of rotatable bonds is 8. The number of aryl methyl sites for hydroxylation is 1. The first-order valence-corrected chi connectivity index (χ1v) is 10.2. The van der Waals surface area contributed by atoms with E-state index >= 15 is 0 Å². The van der Waals surface area contributed by atoms with Crippen LogP contribution >= 0.6 is 11.8 Å². The number of ether oxygens (including phenoxy) is 1. The molecule has 1 unspecified atom stereocenters. The summed E-state index contributed by atoms with van der Waals surface area (Å²) in [6, 6.07) is 10.7. The van der Waals surface area contributed by atoms with Gasteiger partial charge in [0.1, 0.15) is 5.76 Å². The van der Waals surface area contributed by atoms with Gasteiger partial charge in [0, 0.05) is 4.90 Å². The van der Waals surface area contributed by atoms with Crippen LogP contribution in [-0.4, -0.2) is 30.2 Å². The third kappa shape index (κ3) is 5.29. The number of benzene rings is 1. The van der Waals surface area contributed by atoms with Crippen LogP contribution in [0.5, 0.6) is 0 Å². The number of hydrogen-bond donors (Lipinski definition) is 1. The fourth-order valence-electron chi connectivity index (χ4n) is 2.83. The molecule has 1 amide bonds. The number of aromatic nitrogens is 1. The molecule has 0 aliphatic carbocycles. The minimum atomic E-state index is -0.498. The Balaban J connectivity index is 1.73. The number of carbonyl (C=O) groups excluding carboxylic acids is 2. The van der Waals surface area contributed by atoms with E-state index in [0.29, 0.717) is 23.1 Å². The number of amides is 1. The summed E-state index contributed by atoms with van der Waals surface area (Å²) in [5.74, 6) is 0.698. The zero-order valence-corrected chi connectivity index (χ0v) is 17.2. The topological polar surface area (TPSA) is 94.6 Å². The summed E-state index contributed by atoms with van der Waals surface area (Å²) in [6.07, 6.45) is 3.58. The molecule has 7 nitrogen and oxygen atoms in total. The number of methoxy groups -OCH3 is 1. The van der Waals surface area contributed by atoms with Gasteiger partial charge in [-0.15, -0.1) is 11.8 Å². The highest BCUT2D eigenvalue weighted by Gasteiger charge is 2.21. The van der Waals surface area contributed by atoms with Crippen molar-refractivity contribution in [3.05, 3.63) is 59.7 Å². The van der Waals surface area contributed by atoms with Crippen molar-refractivity contribution < 1.29 is 23.2 Å². The molecule has 1 aromatic carbocycles. The zero-order valence-electron chi connectivity index (χ0n) is 16.4. The Kier molecular flexibility index (Phi) is 6.77. The lowest BCUT2D eigenvalue weighted by atomic mass is 10.0. The maximum absolute atomic E-state index is 12.7. The lowest BCUT2D eigenvalue weighted by Crippen LogP contribution is -2.31. The second kappa shape index (κ2) is 9.47. The van der Waals surface area contributed by atoms with E-state index in [1.165, 1.54) is 13.4 Å². The average molecular weight is 414 g/mol. The summed E-state index contributed by atoms with van der Waals surface area (Å²) in [7, 11) is 1.33. The van der Waals surface area contributed by atoms with Gasteiger partial charge in [-0.3, -0.25) is 9.59 Å². The molecule has 1 N–H and O–H groups in total. The van der Waals surface area contributed by atoms with Gasteiger partial charge in [0.05, 0.1) is 38.0 Å². The minimum Gasteiger partial charge on any atom is -0.469 e. The molecule has 2 heterocycles. The van der Waals surface area contributed by atoms with Gasteiger partial charge in [-0.1, -0.05) is 12.1 Å². The lowest BCUT2D eigenvalue weighted by Gasteiger charge is -2.18. The van der Waals surface area contributed by atoms with Gasteiger partial charge in [0.25, 0.3) is 5.89 Å². The molecule has 0 saturated heterocycles. The van der Waals surface area contributed by atoms with Gasteiger partial charge in [0.2, 0.25) is 5.91 Å². The Bertz CT molecular complexity index is 964. The van der Waals surface area contributed by atoms with Crippen LogP contribution < -0.4 is 5.32 Å². The second-order valence-electron chi connectivity index (χ2n) is 6.35. The highest BCUT2D eigenvalue weighted by Crippen LogP contribution is 2.24. The highest BCUT2D eigenvalue weighted by atomic mass is 32.2. The van der Waals surface area contributed by atoms with E-state index in [9.17, 15) is 9.59 Å². The van der Waals surface area contributed by atoms with Crippen LogP contribution in [0, 0.1) is 6.92 Å². The monoisotopic (exact) mass is 414 g/mol. The number of esters is 1. The van der Waals surface area contributed by atoms with Crippen LogP contribution in [0.3, 0.4) is 0 Å². The van der Waals surface area contributed by atoms with Crippen molar-refractivity contribution in [1.29, 1.82) is 0 Å². The first kappa shape index (κ1) is 20.7. The molecule has 8 heteroatoms. The first-order chi connectivity index (χ1) is 14.0. The van der Waals surface area contributed by atoms with Gasteiger partial charge in [-0.05, 0) is 43.0 Å². The van der Waals surface area contributed by atoms with E-state index in [2.05, 4.69) is 10.3 Å². The van der Waals surface area contributed by atoms with Crippen molar-refractivity contribution in [2.75, 3.05) is 13.4 Å². The predicted molar refractivity (Wildman–Crippen MR) is 108 cm³/mol. The fraction of sp³-hybridized carbons (Fsp3) is 0.286. The van der Waals surface area contributed by atoms with E-state index in [1.54, 1.807) is 30.8 Å². The molecule has 0 saturated carbocycles. The zero-order chi connectivity index (χ0) is 20.8. The molecule has 152 valence electrons. The summed E-state index contributed by atoms with van der Waals surface area (Å²) in [5.41, 5.74) is 1.35. The Morgan fingerprint density at radius 1 is 1.24 bits per heavy atom. The minimum absolute atomic E-state index is 0.0244. The summed E-state index contributed by atoms with van der Waals surface area (Å²) < 4.78 is 15.7. The number of nitrogens with zero attached hydrogens (tertiary/aromatic N) is 1. The van der Waals surface area contributed by atoms with E-state index in [-0.39, 0.29) is 18.7 Å². The van der Waals surface area contributed by atoms with E-state index in [1.807, 2.05) is 30.5 Å². The van der Waals surface area contributed by atoms with Crippen molar-refractivity contribution in [2.45, 2.75) is 30.7 Å². The molecule has 0 spiro atoms. The summed E-state index contributed by atoms with van der Waals surface area (Å²) >= 11 is 1.62. The molecule has 0 bridgehead atoms. The second-order valence-corrected chi connectivity index (χ2v) is 7.23. The quantitative estimate of drug-likeness (QED) is 0.441. The molecule has 0 radical (unpaired) electrons. The Morgan fingerprint density at radius 3 is 2.62 bits per heavy atom. The standard InChI is InChI=1S/C21H22N2O5S/c1-13-16(23-21(28-13)18-5-4-10-27-18)11-19(24)22-17(12-20(25)26-2)14-6-8-15(29-3)9-7-14/h4-10,17H,11-12H2,1-3H3,(H,22,24). The number of furan rings is 1. The number of oxazole rings is 1. The van der Waals surface area contributed by atoms with Crippen molar-refractivity contribution in [3.8, 4) is 11.7 Å². The molecule has 3 aromatic rings. The summed E-state index contributed by atoms with van der Waals surface area (Å²) in [6.45, 7) is 1.75. The molecular weight excluding hydrogens is 392 g/mol. The molecule has 0 aliphatic rings. The third-order valence-corrected chi connectivity index (χ3v) is 5.15. The molecule has 3 rings (SSSR count). The third-order valence-electron chi connectivity index (χ3n) is 4.40. The van der Waals surface area contributed by atoms with Gasteiger partial charge < -0.3 is 18.9 Å². The molecule has 29 heavy (non-hydrogen) atoms. The molecule has 0 aliphatic heterocycles. The smallest absolute Gasteiger partial charge is 0.307 e. The summed E-state index contributed by atoms with van der Waals surface area (Å²) in [5, 5.41) is 2.90. The Labute approximate surface area is 172 Å². The number of carbonyl (C=O) groups is 2. The number of nitrogens with one attached hydrogen (secondary N) is 1. The fourth-order valence-corrected chi connectivity index (χ4v) is 3.24. The van der Waals surface area contributed by atoms with Crippen LogP contribution in [-0.2, 0) is 20.7 Å². The SMILES string of the molecule is COC(=O)CC(NC(=O)Cc1nc(-c2ccco2)oc1C)c1ccc(SC)cc1. The van der Waals surface area contributed by atoms with Gasteiger partial charge in [0.15, 0.2) is 5.76 Å². The van der Waals surface area contributed by atoms with E-state index in [0.717, 1.165) is 10.5 Å². The Morgan fingerprint density at radius 2 is 2.00 bits per heavy atom. The molecule has 0 fully saturated rings. The maximum Gasteiger partial charge on any atom is 0.307 e. The van der Waals surface area contributed by atoms with E-state index < -0.39 is 12.0 Å². The van der Waals surface area contributed by atoms with Crippen molar-refractivity contribution in [1.82, 2.24) is 10.3 Å². The first-order valence-electron chi connectivity index (χ1n) is 9.00. The van der Waals surface area contributed by atoms with Crippen LogP contribution in [0.2, 0.25) is 0 Å². The average Bonchev–Trinajstić information content (AvgIpc) is 3.38. The van der Waals surface area contributed by atoms with Crippen LogP contribution in [0.4, 0.5) is 0 Å². The predicted octanol–water partition coefficient (Wildman–Crippen LogP) is 3.93. The van der Waals surface area contributed by atoms with E-state index in [4.69, 9.17) is 13.6 Å². The van der Waals surface area contributed by atoms with Crippen LogP contribution in [0.1, 0.15) is 29.5 Å². The van der Waals surface area contributed by atoms with Crippen molar-refractivity contribution in [2.24, 2.45) is 0 Å².